The predicted octanol–water partition coefficient (Wildman–Crippen LogP) is 1.69. The predicted molar refractivity (Wildman–Crippen MR) is 60.5 cm³/mol. The summed E-state index contributed by atoms with van der Waals surface area (Å²) in [7, 11) is 0. The number of hydrogen-bond acceptors (Lipinski definition) is 4. The van der Waals surface area contributed by atoms with Gasteiger partial charge in [-0.1, -0.05) is 0 Å². The van der Waals surface area contributed by atoms with E-state index in [1.165, 1.54) is 12.1 Å². The summed E-state index contributed by atoms with van der Waals surface area (Å²) in [6.45, 7) is 0.603. The second kappa shape index (κ2) is 4.67. The van der Waals surface area contributed by atoms with Crippen molar-refractivity contribution in [1.29, 1.82) is 0 Å². The molecule has 0 radical (unpaired) electrons. The normalized spacial score (nSPS) is 19.6. The molecular weight excluding hydrogens is 227 g/mol. The van der Waals surface area contributed by atoms with Gasteiger partial charge in [0.25, 0.3) is 5.69 Å². The number of benzene rings is 1. The van der Waals surface area contributed by atoms with Gasteiger partial charge in [0.15, 0.2) is 0 Å². The number of anilines is 1. The lowest BCUT2D eigenvalue weighted by Crippen LogP contribution is -2.32. The molecule has 92 valence electrons. The smallest absolute Gasteiger partial charge is 0.295 e. The van der Waals surface area contributed by atoms with Crippen LogP contribution in [0.1, 0.15) is 12.8 Å². The van der Waals surface area contributed by atoms with Crippen LogP contribution in [0.4, 0.5) is 15.8 Å². The first-order valence-electron chi connectivity index (χ1n) is 5.45. The van der Waals surface area contributed by atoms with E-state index in [0.29, 0.717) is 12.2 Å². The van der Waals surface area contributed by atoms with Crippen LogP contribution in [0.25, 0.3) is 0 Å². The third-order valence-electron chi connectivity index (χ3n) is 3.03. The fourth-order valence-electron chi connectivity index (χ4n) is 2.23. The van der Waals surface area contributed by atoms with E-state index in [9.17, 15) is 19.6 Å². The Morgan fingerprint density at radius 3 is 3.00 bits per heavy atom. The molecule has 17 heavy (non-hydrogen) atoms. The molecule has 1 aromatic carbocycles. The zero-order chi connectivity index (χ0) is 12.4. The number of halogens is 1. The first-order chi connectivity index (χ1) is 8.13. The molecule has 1 saturated heterocycles. The van der Waals surface area contributed by atoms with Gasteiger partial charge in [0.2, 0.25) is 0 Å². The third-order valence-corrected chi connectivity index (χ3v) is 3.03. The lowest BCUT2D eigenvalue weighted by Gasteiger charge is -2.24. The van der Waals surface area contributed by atoms with Crippen molar-refractivity contribution in [2.75, 3.05) is 18.1 Å². The topological polar surface area (TPSA) is 66.6 Å². The van der Waals surface area contributed by atoms with Gasteiger partial charge in [-0.25, -0.2) is 4.39 Å². The summed E-state index contributed by atoms with van der Waals surface area (Å²) < 4.78 is 13.0. The lowest BCUT2D eigenvalue weighted by molar-refractivity contribution is -0.384. The fourth-order valence-corrected chi connectivity index (χ4v) is 2.23. The van der Waals surface area contributed by atoms with Crippen molar-refractivity contribution < 1.29 is 14.4 Å². The van der Waals surface area contributed by atoms with E-state index in [0.717, 1.165) is 18.9 Å². The standard InChI is InChI=1S/C11H13FN2O3/c12-8-3-4-10(11(6-8)14(16)17)13-5-1-2-9(13)7-15/h3-4,6,9,15H,1-2,5,7H2/t9-/m1/s1. The van der Waals surface area contributed by atoms with Crippen LogP contribution in [0, 0.1) is 15.9 Å². The highest BCUT2D eigenvalue weighted by molar-refractivity contribution is 5.64. The molecule has 0 aromatic heterocycles. The van der Waals surface area contributed by atoms with Crippen LogP contribution in [-0.4, -0.2) is 29.2 Å². The summed E-state index contributed by atoms with van der Waals surface area (Å²) >= 11 is 0. The maximum atomic E-state index is 13.0. The van der Waals surface area contributed by atoms with Crippen LogP contribution in [0.15, 0.2) is 18.2 Å². The first kappa shape index (κ1) is 11.8. The highest BCUT2D eigenvalue weighted by Gasteiger charge is 2.29. The molecule has 2 rings (SSSR count). The van der Waals surface area contributed by atoms with Gasteiger partial charge < -0.3 is 10.0 Å². The van der Waals surface area contributed by atoms with E-state index in [4.69, 9.17) is 0 Å². The average Bonchev–Trinajstić information content (AvgIpc) is 2.76. The molecule has 1 fully saturated rings. The second-order valence-electron chi connectivity index (χ2n) is 4.06. The van der Waals surface area contributed by atoms with E-state index >= 15 is 0 Å². The van der Waals surface area contributed by atoms with Crippen LogP contribution < -0.4 is 4.90 Å². The van der Waals surface area contributed by atoms with Crippen molar-refractivity contribution in [2.24, 2.45) is 0 Å². The van der Waals surface area contributed by atoms with Crippen LogP contribution in [-0.2, 0) is 0 Å². The zero-order valence-electron chi connectivity index (χ0n) is 9.17. The Balaban J connectivity index is 2.40. The van der Waals surface area contributed by atoms with Crippen LogP contribution in [0.3, 0.4) is 0 Å². The molecule has 0 spiro atoms. The Morgan fingerprint density at radius 2 is 2.35 bits per heavy atom. The third kappa shape index (κ3) is 2.21. The Bertz CT molecular complexity index is 439. The molecule has 0 bridgehead atoms. The second-order valence-corrected chi connectivity index (χ2v) is 4.06. The molecule has 1 aliphatic heterocycles. The van der Waals surface area contributed by atoms with Crippen molar-refractivity contribution in [1.82, 2.24) is 0 Å². The first-order valence-corrected chi connectivity index (χ1v) is 5.45. The van der Waals surface area contributed by atoms with Crippen LogP contribution >= 0.6 is 0 Å². The van der Waals surface area contributed by atoms with E-state index in [1.54, 1.807) is 4.90 Å². The summed E-state index contributed by atoms with van der Waals surface area (Å²) in [5.74, 6) is -0.625. The Hall–Kier alpha value is -1.69. The maximum Gasteiger partial charge on any atom is 0.295 e. The average molecular weight is 240 g/mol. The number of hydrogen-bond donors (Lipinski definition) is 1. The van der Waals surface area contributed by atoms with Crippen molar-refractivity contribution in [3.8, 4) is 0 Å². The van der Waals surface area contributed by atoms with E-state index in [-0.39, 0.29) is 18.3 Å². The number of nitro benzene ring substituents is 1. The summed E-state index contributed by atoms with van der Waals surface area (Å²) in [6.07, 6.45) is 1.67. The van der Waals surface area contributed by atoms with Crippen molar-refractivity contribution in [2.45, 2.75) is 18.9 Å². The SMILES string of the molecule is O=[N+]([O-])c1cc(F)ccc1N1CCC[C@@H]1CO. The van der Waals surface area contributed by atoms with E-state index in [2.05, 4.69) is 0 Å². The largest absolute Gasteiger partial charge is 0.394 e. The molecule has 1 heterocycles. The minimum Gasteiger partial charge on any atom is -0.394 e. The number of rotatable bonds is 3. The quantitative estimate of drug-likeness (QED) is 0.645. The van der Waals surface area contributed by atoms with E-state index in [1.807, 2.05) is 0 Å². The zero-order valence-corrected chi connectivity index (χ0v) is 9.17. The molecule has 1 atom stereocenters. The van der Waals surface area contributed by atoms with Gasteiger partial charge in [-0.2, -0.15) is 0 Å². The highest BCUT2D eigenvalue weighted by atomic mass is 19.1. The summed E-state index contributed by atoms with van der Waals surface area (Å²) in [5, 5.41) is 20.1. The Labute approximate surface area is 97.6 Å². The Kier molecular flexibility index (Phi) is 3.23. The van der Waals surface area contributed by atoms with Gasteiger partial charge in [-0.3, -0.25) is 10.1 Å². The number of nitro groups is 1. The molecular formula is C11H13FN2O3. The molecule has 0 aliphatic carbocycles. The molecule has 0 saturated carbocycles. The van der Waals surface area contributed by atoms with Crippen LogP contribution in [0.5, 0.6) is 0 Å². The highest BCUT2D eigenvalue weighted by Crippen LogP contribution is 2.33. The van der Waals surface area contributed by atoms with Crippen molar-refractivity contribution in [3.05, 3.63) is 34.1 Å². The molecule has 5 nitrogen and oxygen atoms in total. The Morgan fingerprint density at radius 1 is 1.59 bits per heavy atom. The van der Waals surface area contributed by atoms with Crippen LogP contribution in [0.2, 0.25) is 0 Å². The van der Waals surface area contributed by atoms with Crippen molar-refractivity contribution in [3.63, 3.8) is 0 Å². The van der Waals surface area contributed by atoms with Gasteiger partial charge in [0, 0.05) is 6.54 Å². The summed E-state index contributed by atoms with van der Waals surface area (Å²) in [5.41, 5.74) is 0.137. The monoisotopic (exact) mass is 240 g/mol. The molecule has 6 heteroatoms. The minimum absolute atomic E-state index is 0.0471. The van der Waals surface area contributed by atoms with Gasteiger partial charge in [0.1, 0.15) is 11.5 Å². The molecule has 1 N–H and O–H groups in total. The van der Waals surface area contributed by atoms with Gasteiger partial charge in [-0.15, -0.1) is 0 Å². The molecule has 0 unspecified atom stereocenters. The van der Waals surface area contributed by atoms with Gasteiger partial charge in [0.05, 0.1) is 23.6 Å². The number of nitrogens with zero attached hydrogens (tertiary/aromatic N) is 2. The number of aliphatic hydroxyl groups is 1. The minimum atomic E-state index is -0.625. The van der Waals surface area contributed by atoms with Crippen molar-refractivity contribution >= 4 is 11.4 Å². The maximum absolute atomic E-state index is 13.0. The molecule has 0 amide bonds. The van der Waals surface area contributed by atoms with Gasteiger partial charge in [-0.05, 0) is 25.0 Å². The summed E-state index contributed by atoms with van der Waals surface area (Å²) in [6, 6.07) is 3.41. The number of aliphatic hydroxyl groups excluding tert-OH is 1. The fraction of sp³-hybridized carbons (Fsp3) is 0.455. The molecule has 1 aromatic rings. The molecule has 1 aliphatic rings. The summed E-state index contributed by atoms with van der Waals surface area (Å²) in [4.78, 5) is 12.1. The lowest BCUT2D eigenvalue weighted by atomic mass is 10.2. The van der Waals surface area contributed by atoms with E-state index < -0.39 is 10.7 Å². The van der Waals surface area contributed by atoms with Gasteiger partial charge >= 0.3 is 0 Å².